The molecule has 0 fully saturated rings. The van der Waals surface area contributed by atoms with E-state index in [-0.39, 0.29) is 16.7 Å². The van der Waals surface area contributed by atoms with Crippen LogP contribution in [0.4, 0.5) is 4.39 Å². The maximum Gasteiger partial charge on any atom is 0.259 e. The fraction of sp³-hybridized carbons (Fsp3) is 0.125. The minimum Gasteiger partial charge on any atom is -0.466 e. The first-order chi connectivity index (χ1) is 10.9. The Balaban J connectivity index is 1.91. The number of rotatable bonds is 3. The quantitative estimate of drug-likeness (QED) is 0.578. The minimum absolute atomic E-state index is 0.181. The number of aryl methyl sites for hydroxylation is 2. The Hall–Kier alpha value is -1.92. The summed E-state index contributed by atoms with van der Waals surface area (Å²) < 4.78 is 24.6. The third kappa shape index (κ3) is 3.38. The lowest BCUT2D eigenvalue weighted by atomic mass is 10.2. The Morgan fingerprint density at radius 1 is 1.22 bits per heavy atom. The highest BCUT2D eigenvalue weighted by Crippen LogP contribution is 2.29. The SMILES string of the molecule is Cc1cc(-c2nnc(/C(Cl)=C/c3ccc(F)c(Br)c3)o2)c(C)o1. The molecule has 0 saturated heterocycles. The molecule has 0 bridgehead atoms. The first-order valence-electron chi connectivity index (χ1n) is 6.67. The zero-order valence-electron chi connectivity index (χ0n) is 12.2. The highest BCUT2D eigenvalue weighted by molar-refractivity contribution is 9.10. The van der Waals surface area contributed by atoms with Crippen LogP contribution >= 0.6 is 27.5 Å². The molecule has 7 heteroatoms. The molecule has 118 valence electrons. The molecule has 0 amide bonds. The van der Waals surface area contributed by atoms with Crippen LogP contribution in [0.5, 0.6) is 0 Å². The second-order valence-corrected chi connectivity index (χ2v) is 6.17. The van der Waals surface area contributed by atoms with Crippen molar-refractivity contribution in [3.63, 3.8) is 0 Å². The van der Waals surface area contributed by atoms with Crippen molar-refractivity contribution in [3.8, 4) is 11.5 Å². The summed E-state index contributed by atoms with van der Waals surface area (Å²) >= 11 is 9.34. The van der Waals surface area contributed by atoms with Crippen LogP contribution < -0.4 is 0 Å². The first-order valence-corrected chi connectivity index (χ1v) is 7.84. The fourth-order valence-corrected chi connectivity index (χ4v) is 2.68. The fourth-order valence-electron chi connectivity index (χ4n) is 2.08. The summed E-state index contributed by atoms with van der Waals surface area (Å²) in [5, 5.41) is 8.18. The van der Waals surface area contributed by atoms with Gasteiger partial charge in [0.15, 0.2) is 0 Å². The lowest BCUT2D eigenvalue weighted by molar-refractivity contribution is 0.502. The highest BCUT2D eigenvalue weighted by atomic mass is 79.9. The molecule has 3 rings (SSSR count). The van der Waals surface area contributed by atoms with Crippen LogP contribution in [0.1, 0.15) is 23.0 Å². The molecule has 0 aliphatic carbocycles. The number of halogens is 3. The summed E-state index contributed by atoms with van der Waals surface area (Å²) in [5.41, 5.74) is 1.44. The molecular weight excluding hydrogens is 387 g/mol. The summed E-state index contributed by atoms with van der Waals surface area (Å²) in [5.74, 6) is 1.63. The molecule has 0 saturated carbocycles. The van der Waals surface area contributed by atoms with Gasteiger partial charge in [0, 0.05) is 0 Å². The van der Waals surface area contributed by atoms with Gasteiger partial charge in [-0.2, -0.15) is 0 Å². The van der Waals surface area contributed by atoms with Crippen LogP contribution in [0.2, 0.25) is 0 Å². The average molecular weight is 398 g/mol. The van der Waals surface area contributed by atoms with Crippen LogP contribution in [-0.4, -0.2) is 10.2 Å². The summed E-state index contributed by atoms with van der Waals surface area (Å²) in [6.45, 7) is 3.66. The van der Waals surface area contributed by atoms with Gasteiger partial charge in [0.25, 0.3) is 11.8 Å². The molecule has 0 atom stereocenters. The lowest BCUT2D eigenvalue weighted by Crippen LogP contribution is -1.81. The summed E-state index contributed by atoms with van der Waals surface area (Å²) in [6, 6.07) is 6.38. The van der Waals surface area contributed by atoms with Crippen molar-refractivity contribution < 1.29 is 13.2 Å². The highest BCUT2D eigenvalue weighted by Gasteiger charge is 2.16. The van der Waals surface area contributed by atoms with Gasteiger partial charge in [-0.1, -0.05) is 17.7 Å². The normalized spacial score (nSPS) is 12.0. The van der Waals surface area contributed by atoms with Crippen LogP contribution in [0.3, 0.4) is 0 Å². The molecule has 0 unspecified atom stereocenters. The summed E-state index contributed by atoms with van der Waals surface area (Å²) in [6.07, 6.45) is 1.62. The monoisotopic (exact) mass is 396 g/mol. The predicted molar refractivity (Wildman–Crippen MR) is 89.3 cm³/mol. The maximum atomic E-state index is 13.2. The number of hydrogen-bond acceptors (Lipinski definition) is 4. The molecule has 1 aromatic carbocycles. The molecule has 2 aromatic heterocycles. The third-order valence-corrected chi connectivity index (χ3v) is 4.02. The van der Waals surface area contributed by atoms with E-state index in [1.807, 2.05) is 19.9 Å². The lowest BCUT2D eigenvalue weighted by Gasteiger charge is -1.97. The number of furan rings is 1. The van der Waals surface area contributed by atoms with E-state index in [0.717, 1.165) is 11.3 Å². The molecule has 23 heavy (non-hydrogen) atoms. The van der Waals surface area contributed by atoms with Gasteiger partial charge in [-0.3, -0.25) is 0 Å². The Morgan fingerprint density at radius 2 is 2.00 bits per heavy atom. The van der Waals surface area contributed by atoms with Crippen LogP contribution in [0.15, 0.2) is 37.6 Å². The predicted octanol–water partition coefficient (Wildman–Crippen LogP) is 5.58. The first kappa shape index (κ1) is 16.0. The van der Waals surface area contributed by atoms with E-state index < -0.39 is 0 Å². The van der Waals surface area contributed by atoms with Gasteiger partial charge >= 0.3 is 0 Å². The van der Waals surface area contributed by atoms with Crippen molar-refractivity contribution in [3.05, 3.63) is 57.5 Å². The van der Waals surface area contributed by atoms with Gasteiger partial charge < -0.3 is 8.83 Å². The second-order valence-electron chi connectivity index (χ2n) is 4.91. The Bertz CT molecular complexity index is 901. The van der Waals surface area contributed by atoms with Crippen LogP contribution in [-0.2, 0) is 0 Å². The van der Waals surface area contributed by atoms with Crippen molar-refractivity contribution in [2.45, 2.75) is 13.8 Å². The Kier molecular flexibility index (Phi) is 4.37. The second kappa shape index (κ2) is 6.29. The van der Waals surface area contributed by atoms with Gasteiger partial charge in [0.05, 0.1) is 10.0 Å². The van der Waals surface area contributed by atoms with E-state index in [9.17, 15) is 4.39 Å². The van der Waals surface area contributed by atoms with Crippen molar-refractivity contribution in [2.24, 2.45) is 0 Å². The van der Waals surface area contributed by atoms with Gasteiger partial charge in [-0.25, -0.2) is 4.39 Å². The Labute approximate surface area is 145 Å². The summed E-state index contributed by atoms with van der Waals surface area (Å²) in [4.78, 5) is 0. The van der Waals surface area contributed by atoms with Crippen molar-refractivity contribution in [1.82, 2.24) is 10.2 Å². The van der Waals surface area contributed by atoms with E-state index in [4.69, 9.17) is 20.4 Å². The molecule has 0 aliphatic heterocycles. The van der Waals surface area contributed by atoms with Crippen molar-refractivity contribution >= 4 is 38.6 Å². The maximum absolute atomic E-state index is 13.2. The number of benzene rings is 1. The van der Waals surface area contributed by atoms with E-state index >= 15 is 0 Å². The van der Waals surface area contributed by atoms with Gasteiger partial charge in [0.1, 0.15) is 22.4 Å². The smallest absolute Gasteiger partial charge is 0.259 e. The number of aromatic nitrogens is 2. The van der Waals surface area contributed by atoms with Gasteiger partial charge in [-0.15, -0.1) is 10.2 Å². The minimum atomic E-state index is -0.343. The molecule has 4 nitrogen and oxygen atoms in total. The van der Waals surface area contributed by atoms with E-state index in [2.05, 4.69) is 26.1 Å². The number of nitrogens with zero attached hydrogens (tertiary/aromatic N) is 2. The van der Waals surface area contributed by atoms with Crippen molar-refractivity contribution in [1.29, 1.82) is 0 Å². The summed E-state index contributed by atoms with van der Waals surface area (Å²) in [7, 11) is 0. The average Bonchev–Trinajstić information content (AvgIpc) is 3.09. The Morgan fingerprint density at radius 3 is 2.65 bits per heavy atom. The zero-order chi connectivity index (χ0) is 16.6. The van der Waals surface area contributed by atoms with Crippen LogP contribution in [0, 0.1) is 19.7 Å². The molecular formula is C16H11BrClFN2O2. The molecule has 0 aliphatic rings. The van der Waals surface area contributed by atoms with E-state index in [1.165, 1.54) is 6.07 Å². The molecule has 0 spiro atoms. The van der Waals surface area contributed by atoms with Gasteiger partial charge in [-0.05, 0) is 59.6 Å². The largest absolute Gasteiger partial charge is 0.466 e. The van der Waals surface area contributed by atoms with Crippen molar-refractivity contribution in [2.75, 3.05) is 0 Å². The third-order valence-electron chi connectivity index (χ3n) is 3.14. The van der Waals surface area contributed by atoms with E-state index in [1.54, 1.807) is 18.2 Å². The zero-order valence-corrected chi connectivity index (χ0v) is 14.6. The molecule has 0 radical (unpaired) electrons. The molecule has 3 aromatic rings. The van der Waals surface area contributed by atoms with Gasteiger partial charge in [0.2, 0.25) is 0 Å². The van der Waals surface area contributed by atoms with Crippen LogP contribution in [0.25, 0.3) is 22.6 Å². The molecule has 0 N–H and O–H groups in total. The number of hydrogen-bond donors (Lipinski definition) is 0. The molecule has 2 heterocycles. The standard InChI is InChI=1S/C16H11BrClFN2O2/c1-8-5-11(9(2)22-8)15-20-21-16(23-15)13(18)7-10-3-4-14(19)12(17)6-10/h3-7H,1-2H3/b13-7-. The topological polar surface area (TPSA) is 52.1 Å². The van der Waals surface area contributed by atoms with E-state index in [0.29, 0.717) is 21.7 Å².